The summed E-state index contributed by atoms with van der Waals surface area (Å²) in [5, 5.41) is 13.9. The third kappa shape index (κ3) is 4.70. The first kappa shape index (κ1) is 15.0. The molecule has 1 N–H and O–H groups in total. The van der Waals surface area contributed by atoms with Gasteiger partial charge in [-0.3, -0.25) is 9.48 Å². The van der Waals surface area contributed by atoms with Gasteiger partial charge in [0.25, 0.3) is 5.91 Å². The summed E-state index contributed by atoms with van der Waals surface area (Å²) in [7, 11) is 0. The molecule has 102 valence electrons. The van der Waals surface area contributed by atoms with E-state index in [-0.39, 0.29) is 5.91 Å². The Balaban J connectivity index is 2.41. The highest BCUT2D eigenvalue weighted by Crippen LogP contribution is 2.04. The molecule has 0 radical (unpaired) electrons. The number of aliphatic hydroxyl groups excluding tert-OH is 1. The number of likely N-dealkylation sites (N-methyl/N-ethyl adjacent to an activating group) is 1. The van der Waals surface area contributed by atoms with E-state index in [9.17, 15) is 9.90 Å². The lowest BCUT2D eigenvalue weighted by molar-refractivity contribution is -0.140. The van der Waals surface area contributed by atoms with Crippen LogP contribution in [0.2, 0.25) is 0 Å². The predicted molar refractivity (Wildman–Crippen MR) is 73.5 cm³/mol. The van der Waals surface area contributed by atoms with Crippen LogP contribution in [-0.2, 0) is 11.3 Å². The van der Waals surface area contributed by atoms with Gasteiger partial charge in [0.2, 0.25) is 0 Å². The van der Waals surface area contributed by atoms with Crippen molar-refractivity contribution in [1.82, 2.24) is 14.7 Å². The maximum atomic E-state index is 12.0. The Hall–Kier alpha value is -1.01. The molecular formula is C12H21N3O2S. The van der Waals surface area contributed by atoms with Crippen LogP contribution >= 0.6 is 11.8 Å². The number of aromatic nitrogens is 2. The molecule has 0 aromatic carbocycles. The molecule has 1 heterocycles. The highest BCUT2D eigenvalue weighted by molar-refractivity contribution is 7.98. The fourth-order valence-electron chi connectivity index (χ4n) is 1.64. The number of amides is 1. The second kappa shape index (κ2) is 8.16. The van der Waals surface area contributed by atoms with Gasteiger partial charge in [-0.2, -0.15) is 16.9 Å². The van der Waals surface area contributed by atoms with E-state index < -0.39 is 6.10 Å². The molecule has 0 aliphatic rings. The van der Waals surface area contributed by atoms with Crippen molar-refractivity contribution in [2.24, 2.45) is 0 Å². The molecule has 6 heteroatoms. The smallest absolute Gasteiger partial charge is 0.251 e. The molecule has 18 heavy (non-hydrogen) atoms. The van der Waals surface area contributed by atoms with E-state index in [1.54, 1.807) is 27.5 Å². The van der Waals surface area contributed by atoms with Crippen LogP contribution in [0.25, 0.3) is 0 Å². The van der Waals surface area contributed by atoms with Crippen molar-refractivity contribution in [1.29, 1.82) is 0 Å². The lowest BCUT2D eigenvalue weighted by Crippen LogP contribution is -2.41. The molecule has 0 fully saturated rings. The Bertz CT molecular complexity index is 343. The van der Waals surface area contributed by atoms with Gasteiger partial charge in [-0.15, -0.1) is 0 Å². The van der Waals surface area contributed by atoms with Gasteiger partial charge in [-0.05, 0) is 31.4 Å². The van der Waals surface area contributed by atoms with E-state index in [4.69, 9.17) is 0 Å². The molecule has 1 amide bonds. The third-order valence-electron chi connectivity index (χ3n) is 2.73. The van der Waals surface area contributed by atoms with Crippen LogP contribution in [0, 0.1) is 0 Å². The average Bonchev–Trinajstić information content (AvgIpc) is 2.89. The van der Waals surface area contributed by atoms with Gasteiger partial charge < -0.3 is 10.0 Å². The van der Waals surface area contributed by atoms with Crippen molar-refractivity contribution >= 4 is 17.7 Å². The van der Waals surface area contributed by atoms with Crippen LogP contribution < -0.4 is 0 Å². The van der Waals surface area contributed by atoms with Crippen molar-refractivity contribution in [3.8, 4) is 0 Å². The summed E-state index contributed by atoms with van der Waals surface area (Å²) < 4.78 is 1.78. The van der Waals surface area contributed by atoms with Gasteiger partial charge in [-0.25, -0.2) is 0 Å². The van der Waals surface area contributed by atoms with Gasteiger partial charge in [0.05, 0.1) is 6.54 Å². The molecule has 0 bridgehead atoms. The number of thioether (sulfide) groups is 1. The van der Waals surface area contributed by atoms with Crippen LogP contribution in [0.1, 0.15) is 13.3 Å². The van der Waals surface area contributed by atoms with Gasteiger partial charge in [-0.1, -0.05) is 0 Å². The Labute approximate surface area is 112 Å². The Kier molecular flexibility index (Phi) is 6.82. The Morgan fingerprint density at radius 2 is 2.39 bits per heavy atom. The highest BCUT2D eigenvalue weighted by Gasteiger charge is 2.20. The van der Waals surface area contributed by atoms with E-state index in [1.165, 1.54) is 0 Å². The van der Waals surface area contributed by atoms with Crippen LogP contribution in [0.4, 0.5) is 0 Å². The summed E-state index contributed by atoms with van der Waals surface area (Å²) in [6, 6.07) is 1.85. The topological polar surface area (TPSA) is 58.4 Å². The van der Waals surface area contributed by atoms with E-state index in [1.807, 2.05) is 25.4 Å². The number of hydrogen-bond donors (Lipinski definition) is 1. The first-order chi connectivity index (χ1) is 8.69. The second-order valence-corrected chi connectivity index (χ2v) is 4.97. The molecule has 1 rings (SSSR count). The second-order valence-electron chi connectivity index (χ2n) is 3.98. The number of carbonyl (C=O) groups excluding carboxylic acids is 1. The Morgan fingerprint density at radius 3 is 2.94 bits per heavy atom. The minimum Gasteiger partial charge on any atom is -0.383 e. The van der Waals surface area contributed by atoms with Gasteiger partial charge in [0.15, 0.2) is 0 Å². The number of hydrogen-bond acceptors (Lipinski definition) is 4. The summed E-state index contributed by atoms with van der Waals surface area (Å²) in [5.74, 6) is 0.614. The summed E-state index contributed by atoms with van der Waals surface area (Å²) in [5.41, 5.74) is 0. The van der Waals surface area contributed by atoms with Crippen LogP contribution in [0.15, 0.2) is 18.5 Å². The summed E-state index contributed by atoms with van der Waals surface area (Å²) in [6.07, 6.45) is 5.17. The summed E-state index contributed by atoms with van der Waals surface area (Å²) in [4.78, 5) is 13.6. The maximum Gasteiger partial charge on any atom is 0.251 e. The van der Waals surface area contributed by atoms with Crippen molar-refractivity contribution in [3.05, 3.63) is 18.5 Å². The van der Waals surface area contributed by atoms with Gasteiger partial charge >= 0.3 is 0 Å². The maximum absolute atomic E-state index is 12.0. The molecule has 0 aliphatic heterocycles. The molecule has 1 atom stereocenters. The van der Waals surface area contributed by atoms with Crippen LogP contribution in [0.5, 0.6) is 0 Å². The van der Waals surface area contributed by atoms with Crippen molar-refractivity contribution < 1.29 is 9.90 Å². The molecule has 5 nitrogen and oxygen atoms in total. The molecule has 0 saturated carbocycles. The molecule has 0 spiro atoms. The largest absolute Gasteiger partial charge is 0.383 e. The van der Waals surface area contributed by atoms with Crippen LogP contribution in [0.3, 0.4) is 0 Å². The number of aliphatic hydroxyl groups is 1. The highest BCUT2D eigenvalue weighted by atomic mass is 32.2. The molecule has 1 aromatic rings. The quantitative estimate of drug-likeness (QED) is 0.761. The number of carbonyl (C=O) groups is 1. The summed E-state index contributed by atoms with van der Waals surface area (Å²) in [6.45, 7) is 3.76. The third-order valence-corrected chi connectivity index (χ3v) is 3.38. The van der Waals surface area contributed by atoms with Crippen LogP contribution in [-0.4, -0.2) is 56.9 Å². The van der Waals surface area contributed by atoms with Crippen molar-refractivity contribution in [3.63, 3.8) is 0 Å². The van der Waals surface area contributed by atoms with Crippen molar-refractivity contribution in [2.45, 2.75) is 26.0 Å². The zero-order valence-corrected chi connectivity index (χ0v) is 11.8. The molecular weight excluding hydrogens is 250 g/mol. The zero-order valence-electron chi connectivity index (χ0n) is 11.0. The SMILES string of the molecule is CCN(CCn1cccn1)C(=O)[C@H](O)CCSC. The summed E-state index contributed by atoms with van der Waals surface area (Å²) >= 11 is 1.63. The standard InChI is InChI=1S/C12H21N3O2S/c1-3-14(8-9-15-7-4-6-13-15)12(17)11(16)5-10-18-2/h4,6-7,11,16H,3,5,8-10H2,1-2H3/t11-/m1/s1. The average molecular weight is 271 g/mol. The zero-order chi connectivity index (χ0) is 13.4. The monoisotopic (exact) mass is 271 g/mol. The van der Waals surface area contributed by atoms with E-state index in [0.29, 0.717) is 26.1 Å². The number of nitrogens with zero attached hydrogens (tertiary/aromatic N) is 3. The molecule has 0 unspecified atom stereocenters. The van der Waals surface area contributed by atoms with Crippen molar-refractivity contribution in [2.75, 3.05) is 25.1 Å². The van der Waals surface area contributed by atoms with Gasteiger partial charge in [0.1, 0.15) is 6.10 Å². The fourth-order valence-corrected chi connectivity index (χ4v) is 2.10. The lowest BCUT2D eigenvalue weighted by atomic mass is 10.2. The van der Waals surface area contributed by atoms with E-state index in [0.717, 1.165) is 5.75 Å². The lowest BCUT2D eigenvalue weighted by Gasteiger charge is -2.23. The van der Waals surface area contributed by atoms with Gasteiger partial charge in [0, 0.05) is 25.5 Å². The molecule has 1 aromatic heterocycles. The van der Waals surface area contributed by atoms with E-state index in [2.05, 4.69) is 5.10 Å². The molecule has 0 aliphatic carbocycles. The number of rotatable bonds is 8. The minimum absolute atomic E-state index is 0.182. The Morgan fingerprint density at radius 1 is 1.61 bits per heavy atom. The molecule has 0 saturated heterocycles. The fraction of sp³-hybridized carbons (Fsp3) is 0.667. The predicted octanol–water partition coefficient (Wildman–Crippen LogP) is 0.846. The minimum atomic E-state index is -0.880. The normalized spacial score (nSPS) is 12.4. The van der Waals surface area contributed by atoms with E-state index >= 15 is 0 Å². The first-order valence-corrected chi connectivity index (χ1v) is 7.51. The first-order valence-electron chi connectivity index (χ1n) is 6.12.